The van der Waals surface area contributed by atoms with Crippen LogP contribution in [0.4, 0.5) is 8.78 Å². The minimum atomic E-state index is -2.20. The highest BCUT2D eigenvalue weighted by molar-refractivity contribution is 6.01. The topological polar surface area (TPSA) is 89.2 Å². The fourth-order valence-corrected chi connectivity index (χ4v) is 8.76. The van der Waals surface area contributed by atoms with Gasteiger partial charge >= 0.3 is 5.97 Å². The van der Waals surface area contributed by atoms with Gasteiger partial charge in [0.25, 0.3) is 0 Å². The summed E-state index contributed by atoms with van der Waals surface area (Å²) in [6.45, 7) is 6.52. The molecule has 4 aliphatic carbocycles. The summed E-state index contributed by atoms with van der Waals surface area (Å²) < 4.78 is 44.3. The minimum Gasteiger partial charge on any atom is -0.472 e. The molecule has 1 saturated heterocycles. The molecule has 3 saturated carbocycles. The number of aliphatic hydroxyl groups excluding tert-OH is 1. The smallest absolute Gasteiger partial charge is 0.341 e. The number of rotatable bonds is 6. The first-order valence-electron chi connectivity index (χ1n) is 14.1. The first-order valence-corrected chi connectivity index (χ1v) is 14.1. The standard InChI is InChI=1S/C30H37F2NO6/c1-4-5-9-38-26(36)30-19(16-33(39-30)15-18-7-10-37-17-18)11-21-22-13-24(31)23-12-20(34)6-8-27(23,2)29(22,32)25(35)14-28(21,30)3/h6-8,10,12,17,19,21-22,24-25,35H,4-5,9,11,13-16H2,1-3H3/t19-,21?,22-,24-,25-,27-,28-,29-,30-/m0/s1. The Morgan fingerprint density at radius 1 is 1.28 bits per heavy atom. The van der Waals surface area contributed by atoms with E-state index in [1.807, 2.05) is 19.9 Å². The maximum atomic E-state index is 17.5. The Kier molecular flexibility index (Phi) is 6.25. The first-order chi connectivity index (χ1) is 18.5. The summed E-state index contributed by atoms with van der Waals surface area (Å²) in [5.41, 5.74) is -5.13. The van der Waals surface area contributed by atoms with Crippen molar-refractivity contribution in [2.75, 3.05) is 13.2 Å². The Morgan fingerprint density at radius 2 is 2.08 bits per heavy atom. The second-order valence-electron chi connectivity index (χ2n) is 12.6. The van der Waals surface area contributed by atoms with Crippen molar-refractivity contribution in [1.29, 1.82) is 0 Å². The Morgan fingerprint density at radius 3 is 2.79 bits per heavy atom. The summed E-state index contributed by atoms with van der Waals surface area (Å²) >= 11 is 0. The summed E-state index contributed by atoms with van der Waals surface area (Å²) in [5, 5.41) is 13.4. The van der Waals surface area contributed by atoms with Gasteiger partial charge in [0.15, 0.2) is 17.1 Å². The van der Waals surface area contributed by atoms with E-state index >= 15 is 8.78 Å². The van der Waals surface area contributed by atoms with Crippen molar-refractivity contribution in [3.05, 3.63) is 48.0 Å². The summed E-state index contributed by atoms with van der Waals surface area (Å²) in [6.07, 6.45) is 5.83. The van der Waals surface area contributed by atoms with E-state index in [-0.39, 0.29) is 36.7 Å². The molecule has 7 nitrogen and oxygen atoms in total. The SMILES string of the molecule is CCCCOC(=O)[C@@]12ON(Cc3ccoc3)C[C@@H]1CC1[C@@H]3C[C@H](F)C4=CC(=O)C=C[C@]4(C)[C@@]3(F)[C@@H](O)C[C@@]12C. The lowest BCUT2D eigenvalue weighted by Crippen LogP contribution is -2.70. The Hall–Kier alpha value is -2.36. The van der Waals surface area contributed by atoms with Crippen molar-refractivity contribution < 1.29 is 37.5 Å². The van der Waals surface area contributed by atoms with Gasteiger partial charge in [-0.3, -0.25) is 9.63 Å². The van der Waals surface area contributed by atoms with Gasteiger partial charge in [0.2, 0.25) is 0 Å². The van der Waals surface area contributed by atoms with Crippen molar-refractivity contribution in [3.63, 3.8) is 0 Å². The summed E-state index contributed by atoms with van der Waals surface area (Å²) in [7, 11) is 0. The van der Waals surface area contributed by atoms with E-state index in [1.165, 1.54) is 18.2 Å². The lowest BCUT2D eigenvalue weighted by Gasteiger charge is -2.63. The number of hydrogen-bond acceptors (Lipinski definition) is 7. The molecule has 9 heteroatoms. The van der Waals surface area contributed by atoms with E-state index in [4.69, 9.17) is 14.0 Å². The molecular formula is C30H37F2NO6. The van der Waals surface area contributed by atoms with Crippen LogP contribution in [0.5, 0.6) is 0 Å². The second-order valence-corrected chi connectivity index (χ2v) is 12.6. The number of alkyl halides is 2. The number of hydroxylamine groups is 2. The fourth-order valence-electron chi connectivity index (χ4n) is 8.76. The summed E-state index contributed by atoms with van der Waals surface area (Å²) in [6, 6.07) is 1.83. The van der Waals surface area contributed by atoms with Gasteiger partial charge in [0.1, 0.15) is 6.17 Å². The molecular weight excluding hydrogens is 508 g/mol. The van der Waals surface area contributed by atoms with Crippen LogP contribution in [0.3, 0.4) is 0 Å². The van der Waals surface area contributed by atoms with Crippen LogP contribution in [-0.2, 0) is 25.7 Å². The van der Waals surface area contributed by atoms with Gasteiger partial charge < -0.3 is 14.3 Å². The van der Waals surface area contributed by atoms with Gasteiger partial charge in [0.05, 0.1) is 31.8 Å². The normalized spacial score (nSPS) is 44.8. The molecule has 1 N–H and O–H groups in total. The zero-order chi connectivity index (χ0) is 27.8. The van der Waals surface area contributed by atoms with Crippen LogP contribution >= 0.6 is 0 Å². The lowest BCUT2D eigenvalue weighted by atomic mass is 9.44. The van der Waals surface area contributed by atoms with Gasteiger partial charge in [-0.05, 0) is 62.3 Å². The molecule has 0 bridgehead atoms. The number of allylic oxidation sites excluding steroid dienone is 4. The van der Waals surface area contributed by atoms with Crippen LogP contribution in [0.2, 0.25) is 0 Å². The average molecular weight is 546 g/mol. The quantitative estimate of drug-likeness (QED) is 0.411. The van der Waals surface area contributed by atoms with Crippen molar-refractivity contribution in [3.8, 4) is 0 Å². The molecule has 0 amide bonds. The number of hydrogen-bond donors (Lipinski definition) is 1. The van der Waals surface area contributed by atoms with Crippen molar-refractivity contribution in [1.82, 2.24) is 5.06 Å². The monoisotopic (exact) mass is 545 g/mol. The number of aliphatic hydroxyl groups is 1. The number of carbonyl (C=O) groups excluding carboxylic acids is 2. The molecule has 0 radical (unpaired) electrons. The number of furan rings is 1. The number of nitrogens with zero attached hydrogens (tertiary/aromatic N) is 1. The Balaban J connectivity index is 1.40. The molecule has 0 spiro atoms. The Labute approximate surface area is 227 Å². The van der Waals surface area contributed by atoms with Gasteiger partial charge in [-0.15, -0.1) is 0 Å². The van der Waals surface area contributed by atoms with E-state index in [0.717, 1.165) is 12.0 Å². The molecule has 9 atom stereocenters. The third-order valence-corrected chi connectivity index (χ3v) is 10.7. The maximum absolute atomic E-state index is 17.5. The van der Waals surface area contributed by atoms with Crippen LogP contribution in [0.25, 0.3) is 0 Å². The molecule has 1 unspecified atom stereocenters. The lowest BCUT2D eigenvalue weighted by molar-refractivity contribution is -0.277. The van der Waals surface area contributed by atoms with E-state index in [9.17, 15) is 14.7 Å². The van der Waals surface area contributed by atoms with Gasteiger partial charge in [-0.2, -0.15) is 5.06 Å². The molecule has 212 valence electrons. The molecule has 0 aromatic carbocycles. The third-order valence-electron chi connectivity index (χ3n) is 10.7. The number of unbranched alkanes of at least 4 members (excludes halogenated alkanes) is 1. The number of fused-ring (bicyclic) bond motifs is 7. The van der Waals surface area contributed by atoms with Crippen LogP contribution in [0.15, 0.2) is 46.8 Å². The minimum absolute atomic E-state index is 0.0504. The number of halogens is 2. The molecule has 1 aliphatic heterocycles. The molecule has 39 heavy (non-hydrogen) atoms. The van der Waals surface area contributed by atoms with E-state index in [0.29, 0.717) is 25.9 Å². The summed E-state index contributed by atoms with van der Waals surface area (Å²) in [5.74, 6) is -2.51. The summed E-state index contributed by atoms with van der Waals surface area (Å²) in [4.78, 5) is 32.6. The van der Waals surface area contributed by atoms with Gasteiger partial charge in [-0.25, -0.2) is 13.6 Å². The molecule has 5 aliphatic rings. The fraction of sp³-hybridized carbons (Fsp3) is 0.667. The van der Waals surface area contributed by atoms with E-state index in [1.54, 1.807) is 24.5 Å². The second kappa shape index (κ2) is 9.08. The first kappa shape index (κ1) is 26.8. The predicted molar refractivity (Wildman–Crippen MR) is 136 cm³/mol. The molecule has 6 rings (SSSR count). The molecule has 2 heterocycles. The van der Waals surface area contributed by atoms with Crippen LogP contribution in [0.1, 0.15) is 58.4 Å². The highest BCUT2D eigenvalue weighted by Crippen LogP contribution is 2.72. The number of carbonyl (C=O) groups is 2. The highest BCUT2D eigenvalue weighted by atomic mass is 19.1. The average Bonchev–Trinajstić information content (AvgIpc) is 3.58. The number of ether oxygens (including phenoxy) is 1. The van der Waals surface area contributed by atoms with E-state index < -0.39 is 52.2 Å². The van der Waals surface area contributed by atoms with Gasteiger partial charge in [0, 0.05) is 34.8 Å². The van der Waals surface area contributed by atoms with Crippen molar-refractivity contribution in [2.24, 2.45) is 28.6 Å². The third kappa shape index (κ3) is 3.48. The largest absolute Gasteiger partial charge is 0.472 e. The highest BCUT2D eigenvalue weighted by Gasteiger charge is 2.80. The van der Waals surface area contributed by atoms with Crippen LogP contribution < -0.4 is 0 Å². The molecule has 1 aromatic rings. The van der Waals surface area contributed by atoms with Gasteiger partial charge in [-0.1, -0.05) is 26.3 Å². The van der Waals surface area contributed by atoms with Crippen molar-refractivity contribution in [2.45, 2.75) is 83.0 Å². The van der Waals surface area contributed by atoms with Crippen LogP contribution in [0, 0.1) is 28.6 Å². The van der Waals surface area contributed by atoms with Crippen LogP contribution in [-0.4, -0.2) is 58.6 Å². The van der Waals surface area contributed by atoms with Crippen molar-refractivity contribution >= 4 is 11.8 Å². The number of ketones is 1. The predicted octanol–water partition coefficient (Wildman–Crippen LogP) is 4.65. The Bertz CT molecular complexity index is 1220. The maximum Gasteiger partial charge on any atom is 0.341 e. The molecule has 4 fully saturated rings. The number of esters is 1. The van der Waals surface area contributed by atoms with E-state index in [2.05, 4.69) is 0 Å². The molecule has 1 aromatic heterocycles. The zero-order valence-electron chi connectivity index (χ0n) is 22.7. The zero-order valence-corrected chi connectivity index (χ0v) is 22.7.